The fourth-order valence-electron chi connectivity index (χ4n) is 3.07. The Hall–Kier alpha value is -0.570. The van der Waals surface area contributed by atoms with Crippen LogP contribution in [0.15, 0.2) is 0 Å². The van der Waals surface area contributed by atoms with Gasteiger partial charge in [0.25, 0.3) is 0 Å². The predicted molar refractivity (Wildman–Crippen MR) is 81.2 cm³/mol. The first-order valence-corrected chi connectivity index (χ1v) is 8.18. The molecule has 1 saturated heterocycles. The highest BCUT2D eigenvalue weighted by Gasteiger charge is 2.21. The molecule has 2 unspecified atom stereocenters. The smallest absolute Gasteiger partial charge is 0.222 e. The third-order valence-corrected chi connectivity index (χ3v) is 4.24. The molecule has 0 bridgehead atoms. The third kappa shape index (κ3) is 6.42. The molecule has 0 aromatic heterocycles. The quantitative estimate of drug-likeness (QED) is 0.733. The van der Waals surface area contributed by atoms with Crippen molar-refractivity contribution >= 4 is 5.91 Å². The molecule has 19 heavy (non-hydrogen) atoms. The highest BCUT2D eigenvalue weighted by Crippen LogP contribution is 2.22. The van der Waals surface area contributed by atoms with E-state index in [-0.39, 0.29) is 0 Å². The van der Waals surface area contributed by atoms with Crippen molar-refractivity contribution in [2.75, 3.05) is 19.6 Å². The molecule has 0 saturated carbocycles. The molecule has 0 spiro atoms. The summed E-state index contributed by atoms with van der Waals surface area (Å²) in [4.78, 5) is 14.2. The monoisotopic (exact) mass is 268 g/mol. The number of nitrogens with zero attached hydrogens (tertiary/aromatic N) is 1. The van der Waals surface area contributed by atoms with Crippen molar-refractivity contribution in [1.82, 2.24) is 10.2 Å². The highest BCUT2D eigenvalue weighted by molar-refractivity contribution is 5.76. The summed E-state index contributed by atoms with van der Waals surface area (Å²) in [6, 6.07) is 0.569. The van der Waals surface area contributed by atoms with Crippen LogP contribution in [0.25, 0.3) is 0 Å². The highest BCUT2D eigenvalue weighted by atomic mass is 16.2. The van der Waals surface area contributed by atoms with Crippen molar-refractivity contribution in [2.24, 2.45) is 5.92 Å². The van der Waals surface area contributed by atoms with Gasteiger partial charge in [-0.15, -0.1) is 0 Å². The van der Waals surface area contributed by atoms with Gasteiger partial charge in [-0.2, -0.15) is 0 Å². The summed E-state index contributed by atoms with van der Waals surface area (Å²) in [5.41, 5.74) is 0. The Morgan fingerprint density at radius 3 is 2.84 bits per heavy atom. The maximum Gasteiger partial charge on any atom is 0.222 e. The molecule has 1 N–H and O–H groups in total. The molecule has 3 heteroatoms. The number of hydrogen-bond donors (Lipinski definition) is 1. The van der Waals surface area contributed by atoms with Gasteiger partial charge in [-0.1, -0.05) is 26.7 Å². The number of carbonyl (C=O) groups is 1. The van der Waals surface area contributed by atoms with Crippen molar-refractivity contribution in [2.45, 2.75) is 71.8 Å². The number of carbonyl (C=O) groups excluding carboxylic acids is 1. The third-order valence-electron chi connectivity index (χ3n) is 4.24. The minimum atomic E-state index is 0.384. The van der Waals surface area contributed by atoms with Crippen LogP contribution in [0.4, 0.5) is 0 Å². The van der Waals surface area contributed by atoms with Gasteiger partial charge in [-0.05, 0) is 45.1 Å². The largest absolute Gasteiger partial charge is 0.343 e. The van der Waals surface area contributed by atoms with Gasteiger partial charge in [0.05, 0.1) is 0 Å². The topological polar surface area (TPSA) is 32.3 Å². The lowest BCUT2D eigenvalue weighted by Crippen LogP contribution is -2.33. The lowest BCUT2D eigenvalue weighted by molar-refractivity contribution is -0.130. The molecule has 0 aromatic carbocycles. The lowest BCUT2D eigenvalue weighted by atomic mass is 9.96. The fraction of sp³-hybridized carbons (Fsp3) is 0.938. The maximum absolute atomic E-state index is 12.1. The maximum atomic E-state index is 12.1. The molecule has 1 aliphatic heterocycles. The van der Waals surface area contributed by atoms with Gasteiger partial charge in [0.2, 0.25) is 5.91 Å². The second kappa shape index (κ2) is 9.35. The van der Waals surface area contributed by atoms with Crippen LogP contribution >= 0.6 is 0 Å². The number of hydrogen-bond acceptors (Lipinski definition) is 2. The van der Waals surface area contributed by atoms with E-state index in [1.54, 1.807) is 0 Å². The minimum absolute atomic E-state index is 0.384. The van der Waals surface area contributed by atoms with E-state index in [1.807, 2.05) is 0 Å². The number of rotatable bonds is 8. The van der Waals surface area contributed by atoms with Gasteiger partial charge < -0.3 is 10.2 Å². The van der Waals surface area contributed by atoms with Gasteiger partial charge in [0.1, 0.15) is 0 Å². The summed E-state index contributed by atoms with van der Waals surface area (Å²) in [6.07, 6.45) is 7.92. The number of likely N-dealkylation sites (tertiary alicyclic amines) is 1. The Kier molecular flexibility index (Phi) is 8.11. The molecule has 2 atom stereocenters. The molecule has 0 aliphatic carbocycles. The van der Waals surface area contributed by atoms with E-state index in [2.05, 4.69) is 31.0 Å². The molecule has 1 rings (SSSR count). The standard InChI is InChI=1S/C16H32N2O/c1-4-7-15-9-10-16(19)18(13-11-15)12-6-8-14(3)17-5-2/h14-15,17H,4-13H2,1-3H3. The second-order valence-corrected chi connectivity index (χ2v) is 5.96. The van der Waals surface area contributed by atoms with Crippen LogP contribution in [-0.4, -0.2) is 36.5 Å². The van der Waals surface area contributed by atoms with Crippen molar-refractivity contribution in [3.8, 4) is 0 Å². The predicted octanol–water partition coefficient (Wildman–Crippen LogP) is 3.19. The summed E-state index contributed by atoms with van der Waals surface area (Å²) in [7, 11) is 0. The first kappa shape index (κ1) is 16.5. The van der Waals surface area contributed by atoms with Gasteiger partial charge in [0, 0.05) is 25.6 Å². The van der Waals surface area contributed by atoms with Crippen molar-refractivity contribution < 1.29 is 4.79 Å². The zero-order chi connectivity index (χ0) is 14.1. The van der Waals surface area contributed by atoms with E-state index in [4.69, 9.17) is 0 Å². The Balaban J connectivity index is 2.26. The van der Waals surface area contributed by atoms with Gasteiger partial charge in [0.15, 0.2) is 0 Å². The molecule has 3 nitrogen and oxygen atoms in total. The molecule has 1 fully saturated rings. The van der Waals surface area contributed by atoms with E-state index < -0.39 is 0 Å². The van der Waals surface area contributed by atoms with Crippen LogP contribution < -0.4 is 5.32 Å². The molecule has 0 aromatic rings. The average Bonchev–Trinajstić information content (AvgIpc) is 2.55. The van der Waals surface area contributed by atoms with Gasteiger partial charge >= 0.3 is 0 Å². The van der Waals surface area contributed by atoms with Crippen LogP contribution in [0, 0.1) is 5.92 Å². The summed E-state index contributed by atoms with van der Waals surface area (Å²) in [6.45, 7) is 9.58. The van der Waals surface area contributed by atoms with Crippen LogP contribution in [0.1, 0.15) is 65.7 Å². The first-order chi connectivity index (χ1) is 9.17. The van der Waals surface area contributed by atoms with Crippen LogP contribution in [0.2, 0.25) is 0 Å². The van der Waals surface area contributed by atoms with E-state index in [0.717, 1.165) is 51.2 Å². The summed E-state index contributed by atoms with van der Waals surface area (Å²) < 4.78 is 0. The van der Waals surface area contributed by atoms with E-state index in [9.17, 15) is 4.79 Å². The zero-order valence-corrected chi connectivity index (χ0v) is 13.1. The Morgan fingerprint density at radius 1 is 1.37 bits per heavy atom. The van der Waals surface area contributed by atoms with Crippen LogP contribution in [0.5, 0.6) is 0 Å². The number of nitrogens with one attached hydrogen (secondary N) is 1. The summed E-state index contributed by atoms with van der Waals surface area (Å²) in [5.74, 6) is 1.16. The van der Waals surface area contributed by atoms with E-state index >= 15 is 0 Å². The SMILES string of the molecule is CCCC1CCC(=O)N(CCCC(C)NCC)CC1. The lowest BCUT2D eigenvalue weighted by Gasteiger charge is -2.22. The second-order valence-electron chi connectivity index (χ2n) is 5.96. The van der Waals surface area contributed by atoms with E-state index in [1.165, 1.54) is 19.3 Å². The molecular weight excluding hydrogens is 236 g/mol. The van der Waals surface area contributed by atoms with Gasteiger partial charge in [-0.3, -0.25) is 4.79 Å². The Morgan fingerprint density at radius 2 is 2.16 bits per heavy atom. The Labute approximate surface area is 119 Å². The van der Waals surface area contributed by atoms with Crippen LogP contribution in [0.3, 0.4) is 0 Å². The van der Waals surface area contributed by atoms with Crippen LogP contribution in [-0.2, 0) is 4.79 Å². The summed E-state index contributed by atoms with van der Waals surface area (Å²) >= 11 is 0. The molecule has 1 heterocycles. The molecule has 1 amide bonds. The minimum Gasteiger partial charge on any atom is -0.343 e. The fourth-order valence-corrected chi connectivity index (χ4v) is 3.07. The van der Waals surface area contributed by atoms with Crippen molar-refractivity contribution in [1.29, 1.82) is 0 Å². The molecule has 0 radical (unpaired) electrons. The zero-order valence-electron chi connectivity index (χ0n) is 13.1. The summed E-state index contributed by atoms with van der Waals surface area (Å²) in [5, 5.41) is 3.43. The normalized spacial score (nSPS) is 22.4. The average molecular weight is 268 g/mol. The van der Waals surface area contributed by atoms with Crippen molar-refractivity contribution in [3.05, 3.63) is 0 Å². The Bertz CT molecular complexity index is 255. The van der Waals surface area contributed by atoms with Gasteiger partial charge in [-0.25, -0.2) is 0 Å². The molecule has 112 valence electrons. The molecular formula is C16H32N2O. The first-order valence-electron chi connectivity index (χ1n) is 8.18. The van der Waals surface area contributed by atoms with Crippen molar-refractivity contribution in [3.63, 3.8) is 0 Å². The number of amides is 1. The van der Waals surface area contributed by atoms with E-state index in [0.29, 0.717) is 11.9 Å². The molecule has 1 aliphatic rings.